The minimum Gasteiger partial charge on any atom is -0.497 e. The quantitative estimate of drug-likeness (QED) is 0.704. The van der Waals surface area contributed by atoms with Gasteiger partial charge in [0.25, 0.3) is 0 Å². The summed E-state index contributed by atoms with van der Waals surface area (Å²) in [6, 6.07) is 8.11. The molecule has 0 spiro atoms. The van der Waals surface area contributed by atoms with Crippen LogP contribution >= 0.6 is 0 Å². The van der Waals surface area contributed by atoms with Crippen molar-refractivity contribution in [3.63, 3.8) is 0 Å². The van der Waals surface area contributed by atoms with Gasteiger partial charge in [0.15, 0.2) is 5.82 Å². The van der Waals surface area contributed by atoms with E-state index in [0.29, 0.717) is 12.5 Å². The van der Waals surface area contributed by atoms with Crippen LogP contribution in [0.15, 0.2) is 24.3 Å². The first-order chi connectivity index (χ1) is 10.8. The summed E-state index contributed by atoms with van der Waals surface area (Å²) in [5.74, 6) is 3.46. The van der Waals surface area contributed by atoms with Crippen molar-refractivity contribution in [3.05, 3.63) is 41.5 Å². The fourth-order valence-corrected chi connectivity index (χ4v) is 2.43. The van der Waals surface area contributed by atoms with E-state index in [1.807, 2.05) is 23.7 Å². The molecule has 1 aromatic carbocycles. The molecular weight excluding hydrogens is 278 g/mol. The molecule has 118 valence electrons. The first kappa shape index (κ1) is 15.0. The Kier molecular flexibility index (Phi) is 4.73. The monoisotopic (exact) mass is 301 g/mol. The SMILES string of the molecule is CCOCCc1nc(C2CC2)nn1Cc1ccc(OC)cc1. The number of rotatable bonds is 8. The van der Waals surface area contributed by atoms with E-state index < -0.39 is 0 Å². The predicted molar refractivity (Wildman–Crippen MR) is 84.3 cm³/mol. The lowest BCUT2D eigenvalue weighted by molar-refractivity contribution is 0.148. The van der Waals surface area contributed by atoms with Gasteiger partial charge in [-0.25, -0.2) is 9.67 Å². The van der Waals surface area contributed by atoms with Gasteiger partial charge in [-0.3, -0.25) is 0 Å². The van der Waals surface area contributed by atoms with Crippen molar-refractivity contribution in [2.24, 2.45) is 0 Å². The van der Waals surface area contributed by atoms with Crippen LogP contribution in [0.1, 0.15) is 42.9 Å². The second-order valence-corrected chi connectivity index (χ2v) is 5.61. The van der Waals surface area contributed by atoms with E-state index in [4.69, 9.17) is 19.6 Å². The Morgan fingerprint density at radius 2 is 2.00 bits per heavy atom. The summed E-state index contributed by atoms with van der Waals surface area (Å²) >= 11 is 0. The highest BCUT2D eigenvalue weighted by Crippen LogP contribution is 2.38. The topological polar surface area (TPSA) is 49.2 Å². The molecule has 1 saturated carbocycles. The summed E-state index contributed by atoms with van der Waals surface area (Å²) in [4.78, 5) is 4.72. The van der Waals surface area contributed by atoms with Gasteiger partial charge in [-0.15, -0.1) is 0 Å². The Labute approximate surface area is 131 Å². The predicted octanol–water partition coefficient (Wildman–Crippen LogP) is 2.79. The lowest BCUT2D eigenvalue weighted by Gasteiger charge is -2.07. The van der Waals surface area contributed by atoms with Crippen LogP contribution in [0.5, 0.6) is 5.75 Å². The van der Waals surface area contributed by atoms with Crippen molar-refractivity contribution < 1.29 is 9.47 Å². The van der Waals surface area contributed by atoms with Gasteiger partial charge in [0.05, 0.1) is 20.3 Å². The highest BCUT2D eigenvalue weighted by molar-refractivity contribution is 5.27. The van der Waals surface area contributed by atoms with Crippen molar-refractivity contribution in [1.82, 2.24) is 14.8 Å². The van der Waals surface area contributed by atoms with Crippen LogP contribution in [-0.2, 0) is 17.7 Å². The molecule has 0 unspecified atom stereocenters. The zero-order chi connectivity index (χ0) is 15.4. The summed E-state index contributed by atoms with van der Waals surface area (Å²) in [6.45, 7) is 4.19. The van der Waals surface area contributed by atoms with Crippen LogP contribution in [0.25, 0.3) is 0 Å². The normalized spacial score (nSPS) is 14.3. The van der Waals surface area contributed by atoms with Crippen LogP contribution in [-0.4, -0.2) is 35.1 Å². The lowest BCUT2D eigenvalue weighted by atomic mass is 10.2. The molecule has 1 aliphatic rings. The van der Waals surface area contributed by atoms with Crippen molar-refractivity contribution in [2.75, 3.05) is 20.3 Å². The van der Waals surface area contributed by atoms with Gasteiger partial charge in [0.1, 0.15) is 11.6 Å². The molecule has 1 heterocycles. The second-order valence-electron chi connectivity index (χ2n) is 5.61. The van der Waals surface area contributed by atoms with E-state index in [0.717, 1.165) is 37.0 Å². The van der Waals surface area contributed by atoms with Gasteiger partial charge in [0, 0.05) is 18.9 Å². The summed E-state index contributed by atoms with van der Waals surface area (Å²) < 4.78 is 12.7. The zero-order valence-electron chi connectivity index (χ0n) is 13.3. The summed E-state index contributed by atoms with van der Waals surface area (Å²) in [6.07, 6.45) is 3.25. The molecule has 0 atom stereocenters. The van der Waals surface area contributed by atoms with Crippen molar-refractivity contribution in [3.8, 4) is 5.75 Å². The van der Waals surface area contributed by atoms with Gasteiger partial charge in [-0.1, -0.05) is 12.1 Å². The molecular formula is C17H23N3O2. The fraction of sp³-hybridized carbons (Fsp3) is 0.529. The largest absolute Gasteiger partial charge is 0.497 e. The Bertz CT molecular complexity index is 603. The van der Waals surface area contributed by atoms with Gasteiger partial charge in [-0.05, 0) is 37.5 Å². The minimum absolute atomic E-state index is 0.572. The molecule has 1 aromatic heterocycles. The third-order valence-electron chi connectivity index (χ3n) is 3.87. The number of hydrogen-bond acceptors (Lipinski definition) is 4. The van der Waals surface area contributed by atoms with Crippen LogP contribution in [0.3, 0.4) is 0 Å². The van der Waals surface area contributed by atoms with Crippen molar-refractivity contribution in [1.29, 1.82) is 0 Å². The van der Waals surface area contributed by atoms with E-state index in [2.05, 4.69) is 12.1 Å². The van der Waals surface area contributed by atoms with Crippen molar-refractivity contribution in [2.45, 2.75) is 38.6 Å². The molecule has 5 nitrogen and oxygen atoms in total. The molecule has 3 rings (SSSR count). The fourth-order valence-electron chi connectivity index (χ4n) is 2.43. The van der Waals surface area contributed by atoms with Gasteiger partial charge in [0.2, 0.25) is 0 Å². The Balaban J connectivity index is 1.74. The van der Waals surface area contributed by atoms with Crippen LogP contribution in [0.4, 0.5) is 0 Å². The average Bonchev–Trinajstić information content (AvgIpc) is 3.32. The molecule has 1 aliphatic carbocycles. The molecule has 0 N–H and O–H groups in total. The van der Waals surface area contributed by atoms with Gasteiger partial charge >= 0.3 is 0 Å². The smallest absolute Gasteiger partial charge is 0.154 e. The van der Waals surface area contributed by atoms with E-state index >= 15 is 0 Å². The molecule has 1 fully saturated rings. The third-order valence-corrected chi connectivity index (χ3v) is 3.87. The second kappa shape index (κ2) is 6.92. The van der Waals surface area contributed by atoms with E-state index in [-0.39, 0.29) is 0 Å². The lowest BCUT2D eigenvalue weighted by Crippen LogP contribution is -2.10. The Morgan fingerprint density at radius 3 is 2.64 bits per heavy atom. The van der Waals surface area contributed by atoms with E-state index in [1.54, 1.807) is 7.11 Å². The summed E-state index contributed by atoms with van der Waals surface area (Å²) in [5, 5.41) is 4.71. The molecule has 0 bridgehead atoms. The van der Waals surface area contributed by atoms with E-state index in [9.17, 15) is 0 Å². The molecule has 22 heavy (non-hydrogen) atoms. The summed E-state index contributed by atoms with van der Waals surface area (Å²) in [5.41, 5.74) is 1.20. The number of methoxy groups -OCH3 is 1. The Hall–Kier alpha value is -1.88. The Morgan fingerprint density at radius 1 is 1.23 bits per heavy atom. The minimum atomic E-state index is 0.572. The van der Waals surface area contributed by atoms with Gasteiger partial charge in [-0.2, -0.15) is 5.10 Å². The molecule has 0 aliphatic heterocycles. The van der Waals surface area contributed by atoms with Crippen LogP contribution < -0.4 is 4.74 Å². The molecule has 0 saturated heterocycles. The molecule has 0 amide bonds. The number of nitrogens with zero attached hydrogens (tertiary/aromatic N) is 3. The molecule has 2 aromatic rings. The summed E-state index contributed by atoms with van der Waals surface area (Å²) in [7, 11) is 1.68. The number of ether oxygens (including phenoxy) is 2. The molecule has 5 heteroatoms. The maximum Gasteiger partial charge on any atom is 0.154 e. The number of hydrogen-bond donors (Lipinski definition) is 0. The number of benzene rings is 1. The van der Waals surface area contributed by atoms with E-state index in [1.165, 1.54) is 18.4 Å². The van der Waals surface area contributed by atoms with Crippen LogP contribution in [0, 0.1) is 0 Å². The molecule has 0 radical (unpaired) electrons. The van der Waals surface area contributed by atoms with Gasteiger partial charge < -0.3 is 9.47 Å². The highest BCUT2D eigenvalue weighted by atomic mass is 16.5. The zero-order valence-corrected chi connectivity index (χ0v) is 13.3. The standard InChI is InChI=1S/C17H23N3O2/c1-3-22-11-10-16-18-17(14-6-7-14)19-20(16)12-13-4-8-15(21-2)9-5-13/h4-5,8-9,14H,3,6-7,10-12H2,1-2H3. The number of aromatic nitrogens is 3. The van der Waals surface area contributed by atoms with Crippen molar-refractivity contribution >= 4 is 0 Å². The maximum absolute atomic E-state index is 5.46. The third kappa shape index (κ3) is 3.65. The maximum atomic E-state index is 5.46. The first-order valence-corrected chi connectivity index (χ1v) is 7.94. The average molecular weight is 301 g/mol. The first-order valence-electron chi connectivity index (χ1n) is 7.94. The highest BCUT2D eigenvalue weighted by Gasteiger charge is 2.28. The van der Waals surface area contributed by atoms with Crippen LogP contribution in [0.2, 0.25) is 0 Å².